The topological polar surface area (TPSA) is 55.2 Å². The summed E-state index contributed by atoms with van der Waals surface area (Å²) >= 11 is 0. The van der Waals surface area contributed by atoms with Crippen LogP contribution in [0.25, 0.3) is 0 Å². The third-order valence-electron chi connectivity index (χ3n) is 2.64. The molecule has 0 saturated carbocycles. The minimum Gasteiger partial charge on any atom is -0.336 e. The highest BCUT2D eigenvalue weighted by atomic mass is 32.2. The van der Waals surface area contributed by atoms with Crippen molar-refractivity contribution >= 4 is 10.0 Å². The SMILES string of the molecule is CC(C)N(CCn1ccnc1)S(=O)(=O)C(C)C. The zero-order chi connectivity index (χ0) is 13.1. The molecule has 5 nitrogen and oxygen atoms in total. The van der Waals surface area contributed by atoms with Gasteiger partial charge in [-0.25, -0.2) is 13.4 Å². The van der Waals surface area contributed by atoms with Crippen LogP contribution in [0.4, 0.5) is 0 Å². The van der Waals surface area contributed by atoms with Crippen LogP contribution in [0.5, 0.6) is 0 Å². The molecule has 0 bridgehead atoms. The molecule has 1 rings (SSSR count). The molecule has 98 valence electrons. The van der Waals surface area contributed by atoms with E-state index in [1.165, 1.54) is 0 Å². The molecule has 0 aromatic carbocycles. The summed E-state index contributed by atoms with van der Waals surface area (Å²) in [7, 11) is -3.19. The molecule has 0 unspecified atom stereocenters. The van der Waals surface area contributed by atoms with Gasteiger partial charge in [-0.3, -0.25) is 0 Å². The highest BCUT2D eigenvalue weighted by Gasteiger charge is 2.27. The molecule has 0 radical (unpaired) electrons. The predicted molar refractivity (Wildman–Crippen MR) is 68.1 cm³/mol. The normalized spacial score (nSPS) is 12.9. The van der Waals surface area contributed by atoms with Crippen molar-refractivity contribution in [1.82, 2.24) is 13.9 Å². The molecule has 6 heteroatoms. The Bertz CT molecular complexity index is 424. The number of hydrogen-bond donors (Lipinski definition) is 0. The zero-order valence-corrected chi connectivity index (χ0v) is 11.7. The molecular weight excluding hydrogens is 238 g/mol. The van der Waals surface area contributed by atoms with Gasteiger partial charge < -0.3 is 4.57 Å². The van der Waals surface area contributed by atoms with E-state index in [1.54, 1.807) is 30.7 Å². The maximum atomic E-state index is 12.1. The van der Waals surface area contributed by atoms with Crippen molar-refractivity contribution in [1.29, 1.82) is 0 Å². The van der Waals surface area contributed by atoms with E-state index in [2.05, 4.69) is 4.98 Å². The summed E-state index contributed by atoms with van der Waals surface area (Å²) in [4.78, 5) is 3.94. The van der Waals surface area contributed by atoms with Crippen molar-refractivity contribution in [3.05, 3.63) is 18.7 Å². The van der Waals surface area contributed by atoms with E-state index >= 15 is 0 Å². The molecule has 0 aliphatic carbocycles. The van der Waals surface area contributed by atoms with Gasteiger partial charge in [0, 0.05) is 31.5 Å². The van der Waals surface area contributed by atoms with E-state index < -0.39 is 10.0 Å². The highest BCUT2D eigenvalue weighted by molar-refractivity contribution is 7.89. The van der Waals surface area contributed by atoms with Crippen molar-refractivity contribution in [3.8, 4) is 0 Å². The van der Waals surface area contributed by atoms with E-state index in [4.69, 9.17) is 0 Å². The van der Waals surface area contributed by atoms with E-state index in [0.717, 1.165) is 0 Å². The standard InChI is InChI=1S/C11H21N3O2S/c1-10(2)14(17(15,16)11(3)4)8-7-13-6-5-12-9-13/h5-6,9-11H,7-8H2,1-4H3. The van der Waals surface area contributed by atoms with Gasteiger partial charge in [0.15, 0.2) is 0 Å². The van der Waals surface area contributed by atoms with Crippen molar-refractivity contribution in [3.63, 3.8) is 0 Å². The van der Waals surface area contributed by atoms with Gasteiger partial charge in [0.2, 0.25) is 10.0 Å². The first-order valence-electron chi connectivity index (χ1n) is 5.82. The Morgan fingerprint density at radius 1 is 1.29 bits per heavy atom. The van der Waals surface area contributed by atoms with Crippen LogP contribution in [0.15, 0.2) is 18.7 Å². The molecule has 0 atom stereocenters. The van der Waals surface area contributed by atoms with Crippen molar-refractivity contribution < 1.29 is 8.42 Å². The Morgan fingerprint density at radius 2 is 1.94 bits per heavy atom. The first kappa shape index (κ1) is 14.2. The summed E-state index contributed by atoms with van der Waals surface area (Å²) in [5.74, 6) is 0. The number of rotatable bonds is 6. The largest absolute Gasteiger partial charge is 0.336 e. The summed E-state index contributed by atoms with van der Waals surface area (Å²) in [5.41, 5.74) is 0. The van der Waals surface area contributed by atoms with E-state index in [1.807, 2.05) is 24.6 Å². The Kier molecular flexibility index (Phi) is 4.70. The number of sulfonamides is 1. The maximum Gasteiger partial charge on any atom is 0.216 e. The van der Waals surface area contributed by atoms with Crippen LogP contribution in [0, 0.1) is 0 Å². The van der Waals surface area contributed by atoms with Gasteiger partial charge in [0.1, 0.15) is 0 Å². The molecule has 0 saturated heterocycles. The van der Waals surface area contributed by atoms with Crippen LogP contribution < -0.4 is 0 Å². The second-order valence-electron chi connectivity index (χ2n) is 4.60. The van der Waals surface area contributed by atoms with E-state index in [0.29, 0.717) is 13.1 Å². The van der Waals surface area contributed by atoms with Crippen LogP contribution >= 0.6 is 0 Å². The van der Waals surface area contributed by atoms with Gasteiger partial charge in [-0.15, -0.1) is 0 Å². The first-order valence-corrected chi connectivity index (χ1v) is 7.32. The summed E-state index contributed by atoms with van der Waals surface area (Å²) < 4.78 is 27.7. The predicted octanol–water partition coefficient (Wildman–Crippen LogP) is 1.33. The molecule has 0 aliphatic heterocycles. The molecule has 0 amide bonds. The van der Waals surface area contributed by atoms with Crippen molar-refractivity contribution in [2.24, 2.45) is 0 Å². The maximum absolute atomic E-state index is 12.1. The third kappa shape index (κ3) is 3.54. The lowest BCUT2D eigenvalue weighted by molar-refractivity contribution is 0.336. The van der Waals surface area contributed by atoms with Gasteiger partial charge in [0.25, 0.3) is 0 Å². The summed E-state index contributed by atoms with van der Waals surface area (Å²) in [5, 5.41) is -0.382. The van der Waals surface area contributed by atoms with Gasteiger partial charge in [-0.1, -0.05) is 0 Å². The van der Waals surface area contributed by atoms with Crippen molar-refractivity contribution in [2.75, 3.05) is 6.54 Å². The quantitative estimate of drug-likeness (QED) is 0.774. The van der Waals surface area contributed by atoms with E-state index in [9.17, 15) is 8.42 Å². The zero-order valence-electron chi connectivity index (χ0n) is 10.9. The van der Waals surface area contributed by atoms with Gasteiger partial charge in [0.05, 0.1) is 11.6 Å². The number of nitrogens with zero attached hydrogens (tertiary/aromatic N) is 3. The number of aromatic nitrogens is 2. The number of hydrogen-bond acceptors (Lipinski definition) is 3. The summed E-state index contributed by atoms with van der Waals surface area (Å²) in [6.07, 6.45) is 5.22. The molecule has 17 heavy (non-hydrogen) atoms. The summed E-state index contributed by atoms with van der Waals surface area (Å²) in [6.45, 7) is 8.32. The Hall–Kier alpha value is -0.880. The van der Waals surface area contributed by atoms with Crippen LogP contribution in [-0.2, 0) is 16.6 Å². The monoisotopic (exact) mass is 259 g/mol. The first-order chi connectivity index (χ1) is 7.85. The average molecular weight is 259 g/mol. The lowest BCUT2D eigenvalue weighted by atomic mass is 10.4. The molecule has 0 fully saturated rings. The molecular formula is C11H21N3O2S. The van der Waals surface area contributed by atoms with Crippen LogP contribution in [0.1, 0.15) is 27.7 Å². The van der Waals surface area contributed by atoms with Gasteiger partial charge in [-0.05, 0) is 27.7 Å². The number of imidazole rings is 1. The smallest absolute Gasteiger partial charge is 0.216 e. The van der Waals surface area contributed by atoms with E-state index in [-0.39, 0.29) is 11.3 Å². The lowest BCUT2D eigenvalue weighted by Gasteiger charge is -2.27. The molecule has 0 aliphatic rings. The van der Waals surface area contributed by atoms with Gasteiger partial charge >= 0.3 is 0 Å². The fourth-order valence-corrected chi connectivity index (χ4v) is 3.05. The molecule has 1 aromatic rings. The fraction of sp³-hybridized carbons (Fsp3) is 0.727. The Labute approximate surface area is 104 Å². The second-order valence-corrected chi connectivity index (χ2v) is 7.04. The second kappa shape index (κ2) is 5.64. The Balaban J connectivity index is 2.74. The van der Waals surface area contributed by atoms with Crippen LogP contribution in [0.3, 0.4) is 0 Å². The highest BCUT2D eigenvalue weighted by Crippen LogP contribution is 2.12. The molecule has 0 spiro atoms. The lowest BCUT2D eigenvalue weighted by Crippen LogP contribution is -2.42. The fourth-order valence-electron chi connectivity index (χ4n) is 1.58. The molecule has 0 N–H and O–H groups in total. The minimum atomic E-state index is -3.19. The molecule has 1 aromatic heterocycles. The van der Waals surface area contributed by atoms with Crippen LogP contribution in [-0.4, -0.2) is 40.1 Å². The van der Waals surface area contributed by atoms with Gasteiger partial charge in [-0.2, -0.15) is 4.31 Å². The molecule has 1 heterocycles. The Morgan fingerprint density at radius 3 is 2.35 bits per heavy atom. The summed E-state index contributed by atoms with van der Waals surface area (Å²) in [6, 6.07) is -0.0223. The average Bonchev–Trinajstić information content (AvgIpc) is 2.69. The third-order valence-corrected chi connectivity index (χ3v) is 5.09. The minimum absolute atomic E-state index is 0.0223. The van der Waals surface area contributed by atoms with Crippen molar-refractivity contribution in [2.45, 2.75) is 45.5 Å². The van der Waals surface area contributed by atoms with Crippen LogP contribution in [0.2, 0.25) is 0 Å².